The van der Waals surface area contributed by atoms with Crippen molar-refractivity contribution < 1.29 is 17.6 Å². The Hall–Kier alpha value is -2.84. The predicted molar refractivity (Wildman–Crippen MR) is 125 cm³/mol. The van der Waals surface area contributed by atoms with E-state index in [-0.39, 0.29) is 22.7 Å². The van der Waals surface area contributed by atoms with E-state index in [2.05, 4.69) is 10.0 Å². The second-order valence-corrected chi connectivity index (χ2v) is 10.5. The molecule has 1 amide bonds. The summed E-state index contributed by atoms with van der Waals surface area (Å²) in [5.74, 6) is 0.0982. The minimum Gasteiger partial charge on any atom is -0.345 e. The van der Waals surface area contributed by atoms with Gasteiger partial charge in [-0.25, -0.2) is 12.8 Å². The van der Waals surface area contributed by atoms with Gasteiger partial charge in [-0.15, -0.1) is 11.8 Å². The fourth-order valence-electron chi connectivity index (χ4n) is 3.63. The fraction of sp³-hybridized carbons (Fsp3) is 0.208. The average molecular weight is 471 g/mol. The minimum absolute atomic E-state index is 0.0661. The Morgan fingerprint density at radius 3 is 2.50 bits per heavy atom. The van der Waals surface area contributed by atoms with Gasteiger partial charge in [-0.2, -0.15) is 0 Å². The molecule has 0 aliphatic carbocycles. The molecule has 0 aromatic heterocycles. The highest BCUT2D eigenvalue weighted by molar-refractivity contribution is 7.99. The molecule has 5 nitrogen and oxygen atoms in total. The summed E-state index contributed by atoms with van der Waals surface area (Å²) < 4.78 is 42.2. The number of anilines is 1. The molecule has 1 heterocycles. The largest absolute Gasteiger partial charge is 0.345 e. The lowest BCUT2D eigenvalue weighted by molar-refractivity contribution is 0.0934. The molecule has 0 bridgehead atoms. The standard InChI is InChI=1S/C24H23FN2O3S2/c1-15-5-3-8-21(16(15)2)27-32(29,30)18-11-9-17(10-12-18)24(28)26-22-13-14-31-23-19(22)6-4-7-20(23)25/h3-12,22,27H,13-14H2,1-2H3,(H,26,28). The Morgan fingerprint density at radius 1 is 1.03 bits per heavy atom. The summed E-state index contributed by atoms with van der Waals surface area (Å²) in [7, 11) is -3.79. The van der Waals surface area contributed by atoms with E-state index >= 15 is 0 Å². The number of fused-ring (bicyclic) bond motifs is 1. The quantitative estimate of drug-likeness (QED) is 0.537. The van der Waals surface area contributed by atoms with E-state index in [9.17, 15) is 17.6 Å². The number of carbonyl (C=O) groups excluding carboxylic acids is 1. The van der Waals surface area contributed by atoms with Gasteiger partial charge in [0.1, 0.15) is 5.82 Å². The first-order valence-corrected chi connectivity index (χ1v) is 12.6. The molecule has 0 spiro atoms. The van der Waals surface area contributed by atoms with Crippen LogP contribution in [-0.4, -0.2) is 20.1 Å². The molecule has 0 saturated heterocycles. The Balaban J connectivity index is 1.50. The second-order valence-electron chi connectivity index (χ2n) is 7.70. The molecule has 32 heavy (non-hydrogen) atoms. The van der Waals surface area contributed by atoms with Crippen molar-refractivity contribution in [3.63, 3.8) is 0 Å². The van der Waals surface area contributed by atoms with E-state index in [1.54, 1.807) is 18.2 Å². The number of amides is 1. The minimum atomic E-state index is -3.79. The summed E-state index contributed by atoms with van der Waals surface area (Å²) in [5.41, 5.74) is 3.47. The smallest absolute Gasteiger partial charge is 0.261 e. The Bertz CT molecular complexity index is 1270. The summed E-state index contributed by atoms with van der Waals surface area (Å²) in [6.45, 7) is 3.77. The van der Waals surface area contributed by atoms with Gasteiger partial charge in [-0.05, 0) is 73.4 Å². The fourth-order valence-corrected chi connectivity index (χ4v) is 5.89. The van der Waals surface area contributed by atoms with Gasteiger partial charge in [-0.1, -0.05) is 24.3 Å². The maximum Gasteiger partial charge on any atom is 0.261 e. The van der Waals surface area contributed by atoms with Crippen molar-refractivity contribution in [1.82, 2.24) is 5.32 Å². The lowest BCUT2D eigenvalue weighted by Crippen LogP contribution is -2.30. The van der Waals surface area contributed by atoms with Gasteiger partial charge in [0, 0.05) is 16.2 Å². The number of hydrogen-bond donors (Lipinski definition) is 2. The maximum atomic E-state index is 14.1. The molecular formula is C24H23FN2O3S2. The Kier molecular flexibility index (Phi) is 6.26. The van der Waals surface area contributed by atoms with E-state index in [0.717, 1.165) is 16.7 Å². The van der Waals surface area contributed by atoms with Gasteiger partial charge in [-0.3, -0.25) is 9.52 Å². The van der Waals surface area contributed by atoms with Crippen molar-refractivity contribution in [3.05, 3.63) is 88.7 Å². The normalized spacial score (nSPS) is 15.7. The molecule has 0 fully saturated rings. The third-order valence-electron chi connectivity index (χ3n) is 5.61. The van der Waals surface area contributed by atoms with Crippen LogP contribution < -0.4 is 10.0 Å². The molecule has 2 N–H and O–H groups in total. The Labute approximate surface area is 191 Å². The Morgan fingerprint density at radius 2 is 1.75 bits per heavy atom. The summed E-state index contributed by atoms with van der Waals surface area (Å²) in [6, 6.07) is 15.8. The summed E-state index contributed by atoms with van der Waals surface area (Å²) in [5, 5.41) is 2.95. The van der Waals surface area contributed by atoms with E-state index in [1.807, 2.05) is 26.0 Å². The average Bonchev–Trinajstić information content (AvgIpc) is 2.77. The first-order valence-electron chi connectivity index (χ1n) is 10.2. The molecule has 3 aromatic carbocycles. The number of hydrogen-bond acceptors (Lipinski definition) is 4. The van der Waals surface area contributed by atoms with Gasteiger partial charge >= 0.3 is 0 Å². The first kappa shape index (κ1) is 22.4. The molecule has 3 aromatic rings. The molecule has 0 radical (unpaired) electrons. The van der Waals surface area contributed by atoms with E-state index in [0.29, 0.717) is 28.3 Å². The van der Waals surface area contributed by atoms with Crippen molar-refractivity contribution in [3.8, 4) is 0 Å². The van der Waals surface area contributed by atoms with E-state index in [4.69, 9.17) is 0 Å². The molecule has 166 valence electrons. The van der Waals surface area contributed by atoms with Crippen molar-refractivity contribution in [2.45, 2.75) is 36.1 Å². The van der Waals surface area contributed by atoms with Crippen LogP contribution in [0.1, 0.15) is 39.5 Å². The number of aryl methyl sites for hydroxylation is 1. The summed E-state index contributed by atoms with van der Waals surface area (Å²) >= 11 is 1.45. The van der Waals surface area contributed by atoms with Crippen LogP contribution in [0.2, 0.25) is 0 Å². The molecule has 1 aliphatic rings. The van der Waals surface area contributed by atoms with E-state index < -0.39 is 10.0 Å². The highest BCUT2D eigenvalue weighted by atomic mass is 32.2. The second kappa shape index (κ2) is 8.96. The van der Waals surface area contributed by atoms with E-state index in [1.165, 1.54) is 42.1 Å². The monoisotopic (exact) mass is 470 g/mol. The number of nitrogens with one attached hydrogen (secondary N) is 2. The van der Waals surface area contributed by atoms with Crippen LogP contribution in [0.3, 0.4) is 0 Å². The van der Waals surface area contributed by atoms with Crippen molar-refractivity contribution in [2.75, 3.05) is 10.5 Å². The highest BCUT2D eigenvalue weighted by Crippen LogP contribution is 2.37. The van der Waals surface area contributed by atoms with Gasteiger partial charge in [0.25, 0.3) is 15.9 Å². The third-order valence-corrected chi connectivity index (χ3v) is 8.15. The van der Waals surface area contributed by atoms with Crippen LogP contribution in [0, 0.1) is 19.7 Å². The first-order chi connectivity index (χ1) is 15.3. The number of halogens is 1. The zero-order chi connectivity index (χ0) is 22.9. The predicted octanol–water partition coefficient (Wildman–Crippen LogP) is 5.21. The molecule has 4 rings (SSSR count). The molecule has 1 aliphatic heterocycles. The topological polar surface area (TPSA) is 75.3 Å². The molecule has 1 unspecified atom stereocenters. The number of rotatable bonds is 5. The number of sulfonamides is 1. The van der Waals surface area contributed by atoms with Crippen molar-refractivity contribution >= 4 is 33.4 Å². The lowest BCUT2D eigenvalue weighted by Gasteiger charge is -2.26. The van der Waals surface area contributed by atoms with Crippen LogP contribution in [-0.2, 0) is 10.0 Å². The van der Waals surface area contributed by atoms with Gasteiger partial charge < -0.3 is 5.32 Å². The SMILES string of the molecule is Cc1cccc(NS(=O)(=O)c2ccc(C(=O)NC3CCSc4c(F)cccc43)cc2)c1C. The van der Waals surface area contributed by atoms with Gasteiger partial charge in [0.15, 0.2) is 0 Å². The highest BCUT2D eigenvalue weighted by Gasteiger charge is 2.25. The van der Waals surface area contributed by atoms with Crippen LogP contribution >= 0.6 is 11.8 Å². The van der Waals surface area contributed by atoms with Crippen molar-refractivity contribution in [2.24, 2.45) is 0 Å². The third kappa shape index (κ3) is 4.52. The number of thioether (sulfide) groups is 1. The maximum absolute atomic E-state index is 14.1. The number of carbonyl (C=O) groups is 1. The van der Waals surface area contributed by atoms with Gasteiger partial charge in [0.05, 0.1) is 16.6 Å². The molecule has 1 atom stereocenters. The number of benzene rings is 3. The van der Waals surface area contributed by atoms with Crippen LogP contribution in [0.4, 0.5) is 10.1 Å². The zero-order valence-corrected chi connectivity index (χ0v) is 19.3. The van der Waals surface area contributed by atoms with Crippen LogP contribution in [0.15, 0.2) is 70.5 Å². The van der Waals surface area contributed by atoms with Crippen molar-refractivity contribution in [1.29, 1.82) is 0 Å². The zero-order valence-electron chi connectivity index (χ0n) is 17.7. The van der Waals surface area contributed by atoms with Crippen LogP contribution in [0.5, 0.6) is 0 Å². The van der Waals surface area contributed by atoms with Gasteiger partial charge in [0.2, 0.25) is 0 Å². The summed E-state index contributed by atoms with van der Waals surface area (Å²) in [4.78, 5) is 13.4. The lowest BCUT2D eigenvalue weighted by atomic mass is 10.0. The van der Waals surface area contributed by atoms with Crippen LogP contribution in [0.25, 0.3) is 0 Å². The molecular weight excluding hydrogens is 447 g/mol. The molecule has 0 saturated carbocycles. The summed E-state index contributed by atoms with van der Waals surface area (Å²) in [6.07, 6.45) is 0.694. The molecule has 8 heteroatoms.